The molecule has 0 aliphatic heterocycles. The first-order valence-electron chi connectivity index (χ1n) is 2.75. The number of aryl methyl sites for hydroxylation is 2. The molecular weight excluding hydrogens is 134 g/mol. The van der Waals surface area contributed by atoms with Crippen LogP contribution in [0, 0.1) is 13.8 Å². The van der Waals surface area contributed by atoms with E-state index in [9.17, 15) is 0 Å². The van der Waals surface area contributed by atoms with Gasteiger partial charge in [0.05, 0.1) is 5.69 Å². The number of rotatable bonds is 1. The van der Waals surface area contributed by atoms with Crippen LogP contribution in [0.5, 0.6) is 0 Å². The highest BCUT2D eigenvalue weighted by molar-refractivity contribution is 7.79. The van der Waals surface area contributed by atoms with Crippen molar-refractivity contribution in [3.05, 3.63) is 17.0 Å². The number of nitrogens with zero attached hydrogens (tertiary/aromatic N) is 1. The molecule has 0 unspecified atom stereocenters. The molecule has 1 heterocycles. The smallest absolute Gasteiger partial charge is 0.137 e. The fraction of sp³-hybridized carbons (Fsp3) is 0.500. The third kappa shape index (κ3) is 1.10. The third-order valence-electron chi connectivity index (χ3n) is 1.33. The van der Waals surface area contributed by atoms with E-state index in [1.807, 2.05) is 13.8 Å². The van der Waals surface area contributed by atoms with E-state index in [1.165, 1.54) is 0 Å². The van der Waals surface area contributed by atoms with Gasteiger partial charge in [-0.05, 0) is 13.8 Å². The van der Waals surface area contributed by atoms with Gasteiger partial charge in [0.15, 0.2) is 0 Å². The summed E-state index contributed by atoms with van der Waals surface area (Å²) in [5.41, 5.74) is 1.98. The van der Waals surface area contributed by atoms with E-state index < -0.39 is 0 Å². The van der Waals surface area contributed by atoms with Gasteiger partial charge in [-0.1, -0.05) is 17.8 Å². The van der Waals surface area contributed by atoms with E-state index in [4.69, 9.17) is 17.2 Å². The summed E-state index contributed by atoms with van der Waals surface area (Å²) in [4.78, 5) is 0. The van der Waals surface area contributed by atoms with Crippen LogP contribution in [0.3, 0.4) is 0 Å². The van der Waals surface area contributed by atoms with E-state index in [1.54, 1.807) is 0 Å². The van der Waals surface area contributed by atoms with Crippen molar-refractivity contribution in [2.45, 2.75) is 19.6 Å². The molecule has 0 aliphatic carbocycles. The van der Waals surface area contributed by atoms with Crippen molar-refractivity contribution < 1.29 is 4.52 Å². The maximum absolute atomic E-state index is 4.87. The van der Waals surface area contributed by atoms with Crippen LogP contribution in [-0.2, 0) is 5.75 Å². The molecule has 0 aromatic carbocycles. The van der Waals surface area contributed by atoms with Gasteiger partial charge in [-0.2, -0.15) is 0 Å². The van der Waals surface area contributed by atoms with Crippen LogP contribution >= 0.6 is 12.6 Å². The van der Waals surface area contributed by atoms with E-state index >= 15 is 0 Å². The number of hydrogen-bond acceptors (Lipinski definition) is 2. The van der Waals surface area contributed by atoms with E-state index in [2.05, 4.69) is 5.16 Å². The average molecular weight is 142 g/mol. The molecule has 0 saturated carbocycles. The van der Waals surface area contributed by atoms with Crippen LogP contribution in [0.25, 0.3) is 0 Å². The topological polar surface area (TPSA) is 26.0 Å². The van der Waals surface area contributed by atoms with Crippen molar-refractivity contribution in [1.29, 1.82) is 0 Å². The van der Waals surface area contributed by atoms with Crippen LogP contribution in [0.4, 0.5) is 0 Å². The minimum atomic E-state index is 0.598. The van der Waals surface area contributed by atoms with Crippen molar-refractivity contribution in [2.75, 3.05) is 0 Å². The number of hydrogen-bond donors (Lipinski definition) is 0. The minimum Gasteiger partial charge on any atom is -0.361 e. The Balaban J connectivity index is 3.07. The quantitative estimate of drug-likeness (QED) is 0.599. The minimum absolute atomic E-state index is 0.598. The van der Waals surface area contributed by atoms with Crippen molar-refractivity contribution in [3.63, 3.8) is 0 Å². The second kappa shape index (κ2) is 2.43. The molecule has 1 rings (SSSR count). The maximum atomic E-state index is 4.87. The first-order valence-corrected chi connectivity index (χ1v) is 3.33. The van der Waals surface area contributed by atoms with Gasteiger partial charge in [0.25, 0.3) is 0 Å². The van der Waals surface area contributed by atoms with Crippen LogP contribution < -0.4 is 0 Å². The zero-order valence-corrected chi connectivity index (χ0v) is 6.29. The summed E-state index contributed by atoms with van der Waals surface area (Å²) < 4.78 is 4.87. The van der Waals surface area contributed by atoms with Crippen molar-refractivity contribution in [2.24, 2.45) is 0 Å². The Kier molecular flexibility index (Phi) is 1.81. The molecule has 3 heteroatoms. The molecule has 1 radical (unpaired) electrons. The standard InChI is InChI=1S/C6H8NOS/c1-4-6(3-9)5(2)8-7-4/h3H2,1-2H3. The Bertz CT molecular complexity index is 187. The normalized spacial score (nSPS) is 10.1. The first kappa shape index (κ1) is 6.68. The molecular formula is C6H8NOS. The molecule has 0 N–H and O–H groups in total. The number of aromatic nitrogens is 1. The lowest BCUT2D eigenvalue weighted by atomic mass is 10.2. The Labute approximate surface area is 59.6 Å². The second-order valence-corrected chi connectivity index (χ2v) is 2.24. The molecule has 0 fully saturated rings. The molecule has 0 bridgehead atoms. The third-order valence-corrected chi connectivity index (χ3v) is 1.61. The van der Waals surface area contributed by atoms with Gasteiger partial charge < -0.3 is 4.52 Å². The zero-order chi connectivity index (χ0) is 6.85. The van der Waals surface area contributed by atoms with Crippen LogP contribution in [0.1, 0.15) is 17.0 Å². The first-order chi connectivity index (χ1) is 4.25. The SMILES string of the molecule is Cc1noc(C)c1C[S]. The van der Waals surface area contributed by atoms with Gasteiger partial charge in [0.2, 0.25) is 0 Å². The highest BCUT2D eigenvalue weighted by atomic mass is 32.1. The fourth-order valence-electron chi connectivity index (χ4n) is 0.708. The van der Waals surface area contributed by atoms with Crippen molar-refractivity contribution in [3.8, 4) is 0 Å². The van der Waals surface area contributed by atoms with Gasteiger partial charge in [0.1, 0.15) is 5.76 Å². The Hall–Kier alpha value is -0.440. The Morgan fingerprint density at radius 3 is 2.44 bits per heavy atom. The molecule has 1 aromatic heterocycles. The largest absolute Gasteiger partial charge is 0.361 e. The predicted octanol–water partition coefficient (Wildman–Crippen LogP) is 1.99. The van der Waals surface area contributed by atoms with Crippen molar-refractivity contribution >= 4 is 12.6 Å². The lowest BCUT2D eigenvalue weighted by molar-refractivity contribution is 0.392. The molecule has 0 atom stereocenters. The molecule has 2 nitrogen and oxygen atoms in total. The van der Waals surface area contributed by atoms with Gasteiger partial charge >= 0.3 is 0 Å². The molecule has 0 amide bonds. The van der Waals surface area contributed by atoms with Crippen LogP contribution in [0.2, 0.25) is 0 Å². The van der Waals surface area contributed by atoms with E-state index in [-0.39, 0.29) is 0 Å². The highest BCUT2D eigenvalue weighted by Crippen LogP contribution is 2.13. The fourth-order valence-corrected chi connectivity index (χ4v) is 1.12. The summed E-state index contributed by atoms with van der Waals surface area (Å²) >= 11 is 4.85. The molecule has 9 heavy (non-hydrogen) atoms. The predicted molar refractivity (Wildman–Crippen MR) is 37.3 cm³/mol. The van der Waals surface area contributed by atoms with E-state index in [0.29, 0.717) is 5.75 Å². The van der Waals surface area contributed by atoms with Crippen LogP contribution in [0.15, 0.2) is 4.52 Å². The van der Waals surface area contributed by atoms with Crippen LogP contribution in [-0.4, -0.2) is 5.16 Å². The summed E-state index contributed by atoms with van der Waals surface area (Å²) in [6.07, 6.45) is 0. The summed E-state index contributed by atoms with van der Waals surface area (Å²) in [6.45, 7) is 3.78. The average Bonchev–Trinajstić information content (AvgIpc) is 2.12. The molecule has 49 valence electrons. The monoisotopic (exact) mass is 142 g/mol. The molecule has 0 aliphatic rings. The second-order valence-electron chi connectivity index (χ2n) is 1.95. The molecule has 0 saturated heterocycles. The van der Waals surface area contributed by atoms with Gasteiger partial charge in [-0.3, -0.25) is 0 Å². The summed E-state index contributed by atoms with van der Waals surface area (Å²) in [7, 11) is 0. The lowest BCUT2D eigenvalue weighted by Gasteiger charge is -1.86. The van der Waals surface area contributed by atoms with E-state index in [0.717, 1.165) is 17.0 Å². The lowest BCUT2D eigenvalue weighted by Crippen LogP contribution is -1.80. The molecule has 0 spiro atoms. The van der Waals surface area contributed by atoms with Gasteiger partial charge in [0, 0.05) is 11.3 Å². The van der Waals surface area contributed by atoms with Crippen molar-refractivity contribution in [1.82, 2.24) is 5.16 Å². The Morgan fingerprint density at radius 1 is 1.56 bits per heavy atom. The summed E-state index contributed by atoms with van der Waals surface area (Å²) in [5.74, 6) is 1.45. The van der Waals surface area contributed by atoms with Gasteiger partial charge in [-0.25, -0.2) is 0 Å². The zero-order valence-electron chi connectivity index (χ0n) is 5.47. The highest BCUT2D eigenvalue weighted by Gasteiger charge is 2.05. The summed E-state index contributed by atoms with van der Waals surface area (Å²) in [5, 5.41) is 3.75. The molecule has 1 aromatic rings. The van der Waals surface area contributed by atoms with Gasteiger partial charge in [-0.15, -0.1) is 0 Å². The summed E-state index contributed by atoms with van der Waals surface area (Å²) in [6, 6.07) is 0. The Morgan fingerprint density at radius 2 is 2.22 bits per heavy atom. The maximum Gasteiger partial charge on any atom is 0.137 e.